The van der Waals surface area contributed by atoms with E-state index in [1.165, 1.54) is 4.90 Å². The quantitative estimate of drug-likeness (QED) is 0.644. The van der Waals surface area contributed by atoms with E-state index < -0.39 is 0 Å². The largest absolute Gasteiger partial charge is 0.497 e. The summed E-state index contributed by atoms with van der Waals surface area (Å²) in [5.74, 6) is -0.320. The monoisotopic (exact) mass is 405 g/mol. The molecule has 0 fully saturated rings. The fourth-order valence-corrected chi connectivity index (χ4v) is 3.05. The number of carbonyl (C=O) groups is 3. The standard InChI is InChI=1S/C19H23N3O5S/c1-4-22(11-10-16(23)27-5-2)18(25)15-12-28-19(20-15)21-17(24)13-6-8-14(26-3)9-7-13/h6-9,12H,4-5,10-11H2,1-3H3,(H,20,21,24). The fraction of sp³-hybridized carbons (Fsp3) is 0.368. The van der Waals surface area contributed by atoms with Crippen molar-refractivity contribution in [3.05, 3.63) is 40.9 Å². The number of rotatable bonds is 9. The van der Waals surface area contributed by atoms with Crippen LogP contribution < -0.4 is 10.1 Å². The maximum absolute atomic E-state index is 12.6. The van der Waals surface area contributed by atoms with E-state index in [4.69, 9.17) is 9.47 Å². The average molecular weight is 405 g/mol. The summed E-state index contributed by atoms with van der Waals surface area (Å²) in [4.78, 5) is 42.1. The Morgan fingerprint density at radius 3 is 2.50 bits per heavy atom. The van der Waals surface area contributed by atoms with E-state index in [0.29, 0.717) is 29.6 Å². The highest BCUT2D eigenvalue weighted by atomic mass is 32.1. The SMILES string of the molecule is CCOC(=O)CCN(CC)C(=O)c1csc(NC(=O)c2ccc(OC)cc2)n1. The molecule has 0 atom stereocenters. The lowest BCUT2D eigenvalue weighted by molar-refractivity contribution is -0.143. The third kappa shape index (κ3) is 5.78. The summed E-state index contributed by atoms with van der Waals surface area (Å²) >= 11 is 1.16. The molecule has 9 heteroatoms. The van der Waals surface area contributed by atoms with Crippen molar-refractivity contribution in [1.82, 2.24) is 9.88 Å². The van der Waals surface area contributed by atoms with Gasteiger partial charge in [-0.2, -0.15) is 0 Å². The van der Waals surface area contributed by atoms with Crippen LogP contribution in [0.4, 0.5) is 5.13 Å². The van der Waals surface area contributed by atoms with E-state index in [-0.39, 0.29) is 36.4 Å². The third-order valence-corrected chi connectivity index (χ3v) is 4.61. The molecule has 0 aliphatic rings. The van der Waals surface area contributed by atoms with Gasteiger partial charge < -0.3 is 14.4 Å². The molecule has 1 N–H and O–H groups in total. The predicted octanol–water partition coefficient (Wildman–Crippen LogP) is 2.82. The number of carbonyl (C=O) groups excluding carboxylic acids is 3. The number of hydrogen-bond acceptors (Lipinski definition) is 7. The molecular weight excluding hydrogens is 382 g/mol. The van der Waals surface area contributed by atoms with Gasteiger partial charge in [-0.1, -0.05) is 0 Å². The second kappa shape index (κ2) is 10.4. The Morgan fingerprint density at radius 1 is 1.18 bits per heavy atom. The van der Waals surface area contributed by atoms with Crippen molar-refractivity contribution >= 4 is 34.3 Å². The van der Waals surface area contributed by atoms with E-state index in [1.807, 2.05) is 6.92 Å². The molecule has 28 heavy (non-hydrogen) atoms. The van der Waals surface area contributed by atoms with E-state index in [9.17, 15) is 14.4 Å². The molecule has 8 nitrogen and oxygen atoms in total. The molecule has 0 unspecified atom stereocenters. The lowest BCUT2D eigenvalue weighted by Crippen LogP contribution is -2.33. The molecule has 0 aliphatic carbocycles. The van der Waals surface area contributed by atoms with Crippen molar-refractivity contribution in [2.24, 2.45) is 0 Å². The Morgan fingerprint density at radius 2 is 1.89 bits per heavy atom. The highest BCUT2D eigenvalue weighted by Crippen LogP contribution is 2.19. The molecule has 1 heterocycles. The minimum absolute atomic E-state index is 0.124. The Hall–Kier alpha value is -2.94. The van der Waals surface area contributed by atoms with Gasteiger partial charge >= 0.3 is 5.97 Å². The van der Waals surface area contributed by atoms with Gasteiger partial charge in [0.05, 0.1) is 20.1 Å². The van der Waals surface area contributed by atoms with E-state index in [0.717, 1.165) is 11.3 Å². The predicted molar refractivity (Wildman–Crippen MR) is 106 cm³/mol. The Kier molecular flexibility index (Phi) is 7.94. The number of amides is 2. The highest BCUT2D eigenvalue weighted by molar-refractivity contribution is 7.14. The number of anilines is 1. The van der Waals surface area contributed by atoms with Gasteiger partial charge in [0, 0.05) is 24.0 Å². The maximum Gasteiger partial charge on any atom is 0.307 e. The number of thiazole rings is 1. The fourth-order valence-electron chi connectivity index (χ4n) is 2.37. The third-order valence-electron chi connectivity index (χ3n) is 3.86. The molecule has 0 saturated carbocycles. The van der Waals surface area contributed by atoms with Gasteiger partial charge in [-0.3, -0.25) is 19.7 Å². The van der Waals surface area contributed by atoms with Crippen LogP contribution in [0.1, 0.15) is 41.1 Å². The van der Waals surface area contributed by atoms with Crippen LogP contribution >= 0.6 is 11.3 Å². The Bertz CT molecular complexity index is 819. The zero-order chi connectivity index (χ0) is 20.5. The van der Waals surface area contributed by atoms with Gasteiger partial charge in [-0.25, -0.2) is 4.98 Å². The van der Waals surface area contributed by atoms with Crippen molar-refractivity contribution in [3.8, 4) is 5.75 Å². The smallest absolute Gasteiger partial charge is 0.307 e. The van der Waals surface area contributed by atoms with Crippen molar-refractivity contribution < 1.29 is 23.9 Å². The van der Waals surface area contributed by atoms with Crippen LogP contribution in [0.5, 0.6) is 5.75 Å². The number of hydrogen-bond donors (Lipinski definition) is 1. The van der Waals surface area contributed by atoms with E-state index in [2.05, 4.69) is 10.3 Å². The Labute approximate surface area is 167 Å². The normalized spacial score (nSPS) is 10.2. The lowest BCUT2D eigenvalue weighted by Gasteiger charge is -2.19. The summed E-state index contributed by atoms with van der Waals surface area (Å²) in [6.07, 6.45) is 0.124. The van der Waals surface area contributed by atoms with Crippen LogP contribution in [-0.2, 0) is 9.53 Å². The van der Waals surface area contributed by atoms with Gasteiger partial charge in [-0.15, -0.1) is 11.3 Å². The molecule has 150 valence electrons. The maximum atomic E-state index is 12.6. The van der Waals surface area contributed by atoms with Crippen molar-refractivity contribution in [3.63, 3.8) is 0 Å². The topological polar surface area (TPSA) is 97.8 Å². The number of esters is 1. The zero-order valence-electron chi connectivity index (χ0n) is 16.1. The molecule has 0 radical (unpaired) electrons. The van der Waals surface area contributed by atoms with Gasteiger partial charge in [0.25, 0.3) is 11.8 Å². The molecule has 0 spiro atoms. The molecule has 2 amide bonds. The first-order valence-corrected chi connectivity index (χ1v) is 9.72. The molecule has 2 aromatic rings. The van der Waals surface area contributed by atoms with Gasteiger partial charge in [-0.05, 0) is 38.1 Å². The number of nitrogens with one attached hydrogen (secondary N) is 1. The van der Waals surface area contributed by atoms with Crippen molar-refractivity contribution in [1.29, 1.82) is 0 Å². The minimum atomic E-state index is -0.348. The number of methoxy groups -OCH3 is 1. The van der Waals surface area contributed by atoms with Gasteiger partial charge in [0.1, 0.15) is 11.4 Å². The van der Waals surface area contributed by atoms with E-state index in [1.54, 1.807) is 43.7 Å². The van der Waals surface area contributed by atoms with Crippen LogP contribution in [0.15, 0.2) is 29.6 Å². The Balaban J connectivity index is 1.98. The average Bonchev–Trinajstić information content (AvgIpc) is 3.17. The van der Waals surface area contributed by atoms with Crippen LogP contribution in [0.2, 0.25) is 0 Å². The molecule has 2 rings (SSSR count). The molecule has 0 saturated heterocycles. The first kappa shape index (κ1) is 21.4. The number of benzene rings is 1. The number of nitrogens with zero attached hydrogens (tertiary/aromatic N) is 2. The molecule has 0 aliphatic heterocycles. The van der Waals surface area contributed by atoms with Crippen molar-refractivity contribution in [2.75, 3.05) is 32.1 Å². The summed E-state index contributed by atoms with van der Waals surface area (Å²) in [5, 5.41) is 4.58. The number of ether oxygens (including phenoxy) is 2. The summed E-state index contributed by atoms with van der Waals surface area (Å²) in [6, 6.07) is 6.66. The highest BCUT2D eigenvalue weighted by Gasteiger charge is 2.19. The second-order valence-electron chi connectivity index (χ2n) is 5.66. The molecule has 1 aromatic heterocycles. The van der Waals surface area contributed by atoms with E-state index >= 15 is 0 Å². The first-order chi connectivity index (χ1) is 13.5. The van der Waals surface area contributed by atoms with Crippen LogP contribution in [0, 0.1) is 0 Å². The molecule has 1 aromatic carbocycles. The van der Waals surface area contributed by atoms with Crippen LogP contribution in [0.25, 0.3) is 0 Å². The summed E-state index contributed by atoms with van der Waals surface area (Å²) in [5.41, 5.74) is 0.675. The van der Waals surface area contributed by atoms with Crippen LogP contribution in [0.3, 0.4) is 0 Å². The second-order valence-corrected chi connectivity index (χ2v) is 6.52. The summed E-state index contributed by atoms with van der Waals surface area (Å²) in [7, 11) is 1.55. The lowest BCUT2D eigenvalue weighted by atomic mass is 10.2. The van der Waals surface area contributed by atoms with Gasteiger partial charge in [0.2, 0.25) is 0 Å². The van der Waals surface area contributed by atoms with Crippen molar-refractivity contribution in [2.45, 2.75) is 20.3 Å². The summed E-state index contributed by atoms with van der Waals surface area (Å²) in [6.45, 7) is 4.55. The van der Waals surface area contributed by atoms with Crippen LogP contribution in [-0.4, -0.2) is 54.5 Å². The minimum Gasteiger partial charge on any atom is -0.497 e. The molecular formula is C19H23N3O5S. The summed E-state index contributed by atoms with van der Waals surface area (Å²) < 4.78 is 9.95. The first-order valence-electron chi connectivity index (χ1n) is 8.84. The zero-order valence-corrected chi connectivity index (χ0v) is 16.9. The number of aromatic nitrogens is 1. The van der Waals surface area contributed by atoms with Gasteiger partial charge in [0.15, 0.2) is 5.13 Å². The molecule has 0 bridgehead atoms.